The van der Waals surface area contributed by atoms with E-state index in [9.17, 15) is 4.79 Å². The van der Waals surface area contributed by atoms with Gasteiger partial charge in [-0.1, -0.05) is 25.3 Å². The van der Waals surface area contributed by atoms with Crippen LogP contribution in [0.2, 0.25) is 0 Å². The first-order valence-electron chi connectivity index (χ1n) is 7.73. The first kappa shape index (κ1) is 17.6. The summed E-state index contributed by atoms with van der Waals surface area (Å²) in [4.78, 5) is 15.5. The van der Waals surface area contributed by atoms with Gasteiger partial charge in [-0.05, 0) is 19.3 Å². The average Bonchev–Trinajstić information content (AvgIpc) is 2.81. The second-order valence-electron chi connectivity index (χ2n) is 5.66. The number of aliphatic imine (C=N–C) groups is 1. The molecule has 2 atom stereocenters. The number of carbonyl (C=O) groups is 1. The highest BCUT2D eigenvalue weighted by atomic mass is 16.4. The van der Waals surface area contributed by atoms with E-state index in [1.807, 2.05) is 13.0 Å². The molecule has 5 nitrogen and oxygen atoms in total. The van der Waals surface area contributed by atoms with Gasteiger partial charge in [0.05, 0.1) is 6.20 Å². The molecule has 0 saturated heterocycles. The minimum atomic E-state index is -0.851. The SMILES string of the molecule is C=CCCCCCCCC1=NC=C[N+]1(CC(=O)O)C(C)N. The number of hydrogen-bond donors (Lipinski definition) is 2. The number of carboxylic acid groups (broad SMARTS) is 1. The maximum absolute atomic E-state index is 11.1. The Hall–Kier alpha value is -1.46. The van der Waals surface area contributed by atoms with Gasteiger partial charge in [0.2, 0.25) is 5.84 Å². The monoisotopic (exact) mass is 294 g/mol. The number of carboxylic acids is 1. The van der Waals surface area contributed by atoms with E-state index in [0.29, 0.717) is 0 Å². The van der Waals surface area contributed by atoms with Crippen LogP contribution in [0.25, 0.3) is 0 Å². The zero-order valence-electron chi connectivity index (χ0n) is 13.0. The van der Waals surface area contributed by atoms with Gasteiger partial charge in [0.15, 0.2) is 6.54 Å². The summed E-state index contributed by atoms with van der Waals surface area (Å²) in [7, 11) is 0. The highest BCUT2D eigenvalue weighted by Gasteiger charge is 2.40. The average molecular weight is 294 g/mol. The minimum Gasteiger partial charge on any atom is -0.477 e. The Morgan fingerprint density at radius 2 is 2.10 bits per heavy atom. The Kier molecular flexibility index (Phi) is 7.32. The van der Waals surface area contributed by atoms with E-state index in [2.05, 4.69) is 11.6 Å². The molecule has 1 rings (SSSR count). The van der Waals surface area contributed by atoms with Crippen molar-refractivity contribution in [2.75, 3.05) is 6.54 Å². The van der Waals surface area contributed by atoms with E-state index in [4.69, 9.17) is 10.8 Å². The predicted octanol–water partition coefficient (Wildman–Crippen LogP) is 2.99. The highest BCUT2D eigenvalue weighted by Crippen LogP contribution is 2.23. The molecule has 0 aromatic heterocycles. The van der Waals surface area contributed by atoms with E-state index < -0.39 is 5.97 Å². The maximum atomic E-state index is 11.1. The topological polar surface area (TPSA) is 75.7 Å². The quantitative estimate of drug-likeness (QED) is 0.349. The number of amidine groups is 1. The summed E-state index contributed by atoms with van der Waals surface area (Å²) >= 11 is 0. The van der Waals surface area contributed by atoms with Gasteiger partial charge in [0.1, 0.15) is 12.4 Å². The van der Waals surface area contributed by atoms with Crippen molar-refractivity contribution in [3.05, 3.63) is 25.1 Å². The zero-order chi connectivity index (χ0) is 15.7. The molecule has 0 spiro atoms. The van der Waals surface area contributed by atoms with Gasteiger partial charge < -0.3 is 5.11 Å². The summed E-state index contributed by atoms with van der Waals surface area (Å²) in [5, 5.41) is 9.13. The Bertz CT molecular complexity index is 416. The van der Waals surface area contributed by atoms with Crippen LogP contribution in [0.4, 0.5) is 0 Å². The van der Waals surface area contributed by atoms with Gasteiger partial charge in [-0.3, -0.25) is 5.73 Å². The highest BCUT2D eigenvalue weighted by molar-refractivity contribution is 5.81. The fourth-order valence-electron chi connectivity index (χ4n) is 2.69. The number of quaternary nitrogens is 1. The number of nitrogens with two attached hydrogens (primary N) is 1. The zero-order valence-corrected chi connectivity index (χ0v) is 13.0. The Morgan fingerprint density at radius 1 is 1.43 bits per heavy atom. The molecule has 118 valence electrons. The van der Waals surface area contributed by atoms with Crippen LogP contribution in [0.3, 0.4) is 0 Å². The summed E-state index contributed by atoms with van der Waals surface area (Å²) in [6.45, 7) is 5.52. The van der Waals surface area contributed by atoms with Crippen LogP contribution in [0.5, 0.6) is 0 Å². The lowest BCUT2D eigenvalue weighted by Gasteiger charge is -2.34. The molecule has 0 bridgehead atoms. The Balaban J connectivity index is 2.43. The van der Waals surface area contributed by atoms with E-state index in [0.717, 1.165) is 31.5 Å². The number of allylic oxidation sites excluding steroid dienone is 1. The predicted molar refractivity (Wildman–Crippen MR) is 85.5 cm³/mol. The van der Waals surface area contributed by atoms with E-state index >= 15 is 0 Å². The van der Waals surface area contributed by atoms with Crippen molar-refractivity contribution in [2.45, 2.75) is 58.0 Å². The number of nitrogens with zero attached hydrogens (tertiary/aromatic N) is 2. The number of unbranched alkanes of at least 4 members (excludes halogenated alkanes) is 5. The summed E-state index contributed by atoms with van der Waals surface area (Å²) in [5.41, 5.74) is 6.02. The normalized spacial score (nSPS) is 22.1. The van der Waals surface area contributed by atoms with Crippen LogP contribution >= 0.6 is 0 Å². The Labute approximate surface area is 127 Å². The van der Waals surface area contributed by atoms with Crippen LogP contribution in [0.15, 0.2) is 30.0 Å². The number of aliphatic carboxylic acids is 1. The molecule has 0 radical (unpaired) electrons. The molecule has 0 aliphatic carbocycles. The summed E-state index contributed by atoms with van der Waals surface area (Å²) in [5.74, 6) is 0.0227. The van der Waals surface area contributed by atoms with Crippen LogP contribution in [-0.4, -0.2) is 34.1 Å². The molecule has 1 aliphatic rings. The van der Waals surface area contributed by atoms with Crippen molar-refractivity contribution in [3.8, 4) is 0 Å². The molecular formula is C16H28N3O2+. The largest absolute Gasteiger partial charge is 0.477 e. The fourth-order valence-corrected chi connectivity index (χ4v) is 2.69. The second-order valence-corrected chi connectivity index (χ2v) is 5.66. The molecule has 0 saturated carbocycles. The van der Waals surface area contributed by atoms with Crippen LogP contribution < -0.4 is 5.73 Å². The number of hydrogen-bond acceptors (Lipinski definition) is 3. The van der Waals surface area contributed by atoms with Crippen LogP contribution in [0.1, 0.15) is 51.9 Å². The molecule has 3 N–H and O–H groups in total. The molecule has 0 amide bonds. The first-order valence-corrected chi connectivity index (χ1v) is 7.73. The molecule has 2 unspecified atom stereocenters. The molecule has 5 heteroatoms. The third kappa shape index (κ3) is 5.10. The first-order chi connectivity index (χ1) is 10.0. The van der Waals surface area contributed by atoms with Gasteiger partial charge in [0.25, 0.3) is 0 Å². The summed E-state index contributed by atoms with van der Waals surface area (Å²) < 4.78 is 0.159. The smallest absolute Gasteiger partial charge is 0.360 e. The molecule has 21 heavy (non-hydrogen) atoms. The lowest BCUT2D eigenvalue weighted by molar-refractivity contribution is -0.805. The molecular weight excluding hydrogens is 266 g/mol. The summed E-state index contributed by atoms with van der Waals surface area (Å²) in [6, 6.07) is 0. The van der Waals surface area contributed by atoms with Crippen LogP contribution in [0, 0.1) is 0 Å². The molecule has 1 heterocycles. The third-order valence-corrected chi connectivity index (χ3v) is 3.97. The summed E-state index contributed by atoms with van der Waals surface area (Å²) in [6.07, 6.45) is 12.8. The van der Waals surface area contributed by atoms with Gasteiger partial charge >= 0.3 is 5.97 Å². The molecule has 0 fully saturated rings. The third-order valence-electron chi connectivity index (χ3n) is 3.97. The Morgan fingerprint density at radius 3 is 2.71 bits per heavy atom. The fraction of sp³-hybridized carbons (Fsp3) is 0.625. The van der Waals surface area contributed by atoms with Crippen molar-refractivity contribution in [3.63, 3.8) is 0 Å². The van der Waals surface area contributed by atoms with E-state index in [1.165, 1.54) is 19.3 Å². The minimum absolute atomic E-state index is 0.0354. The van der Waals surface area contributed by atoms with Crippen molar-refractivity contribution in [1.82, 2.24) is 0 Å². The van der Waals surface area contributed by atoms with Crippen molar-refractivity contribution < 1.29 is 14.4 Å². The van der Waals surface area contributed by atoms with E-state index in [-0.39, 0.29) is 17.2 Å². The van der Waals surface area contributed by atoms with E-state index in [1.54, 1.807) is 12.4 Å². The maximum Gasteiger partial charge on any atom is 0.360 e. The molecule has 0 aromatic carbocycles. The second kappa shape index (κ2) is 8.74. The standard InChI is InChI=1S/C16H27N3O2/c1-3-4-5-6-7-8-9-10-15-18-11-12-19(15,14(2)17)13-16(20)21/h3,11-12,14H,1,4-10,13,17H2,2H3/p+1. The van der Waals surface area contributed by atoms with Gasteiger partial charge in [0, 0.05) is 13.3 Å². The molecule has 0 aromatic rings. The van der Waals surface area contributed by atoms with Crippen LogP contribution in [-0.2, 0) is 4.79 Å². The lowest BCUT2D eigenvalue weighted by atomic mass is 10.1. The van der Waals surface area contributed by atoms with Crippen molar-refractivity contribution in [2.24, 2.45) is 10.7 Å². The van der Waals surface area contributed by atoms with Gasteiger partial charge in [-0.15, -0.1) is 6.58 Å². The van der Waals surface area contributed by atoms with Gasteiger partial charge in [-0.2, -0.15) is 0 Å². The van der Waals surface area contributed by atoms with Crippen molar-refractivity contribution >= 4 is 11.8 Å². The lowest BCUT2D eigenvalue weighted by Crippen LogP contribution is -2.59. The van der Waals surface area contributed by atoms with Crippen molar-refractivity contribution in [1.29, 1.82) is 0 Å². The number of rotatable bonds is 11. The van der Waals surface area contributed by atoms with Gasteiger partial charge in [-0.25, -0.2) is 14.3 Å². The molecule has 1 aliphatic heterocycles.